The van der Waals surface area contributed by atoms with Gasteiger partial charge in [-0.25, -0.2) is 4.98 Å². The van der Waals surface area contributed by atoms with Crippen molar-refractivity contribution in [2.24, 2.45) is 0 Å². The number of hydrogen-bond donors (Lipinski definition) is 1. The highest BCUT2D eigenvalue weighted by atomic mass is 35.6. The third-order valence-electron chi connectivity index (χ3n) is 4.09. The summed E-state index contributed by atoms with van der Waals surface area (Å²) < 4.78 is 3.48. The van der Waals surface area contributed by atoms with Gasteiger partial charge in [0, 0.05) is 25.8 Å². The molecule has 1 aliphatic rings. The van der Waals surface area contributed by atoms with Gasteiger partial charge in [0.1, 0.15) is 5.69 Å². The second-order valence-electron chi connectivity index (χ2n) is 6.11. The van der Waals surface area contributed by atoms with Crippen LogP contribution in [0, 0.1) is 0 Å². The summed E-state index contributed by atoms with van der Waals surface area (Å²) in [6.45, 7) is 3.49. The lowest BCUT2D eigenvalue weighted by Crippen LogP contribution is -2.31. The number of nitrogens with one attached hydrogen (secondary N) is 1. The van der Waals surface area contributed by atoms with Gasteiger partial charge in [-0.15, -0.1) is 0 Å². The summed E-state index contributed by atoms with van der Waals surface area (Å²) in [5.74, 6) is 1.18. The quantitative estimate of drug-likeness (QED) is 0.739. The van der Waals surface area contributed by atoms with Crippen LogP contribution >= 0.6 is 34.8 Å². The molecular formula is C16H20Cl3N7O. The lowest BCUT2D eigenvalue weighted by molar-refractivity contribution is 0.360. The van der Waals surface area contributed by atoms with E-state index in [4.69, 9.17) is 39.5 Å². The first-order valence-electron chi connectivity index (χ1n) is 8.39. The predicted octanol–water partition coefficient (Wildman–Crippen LogP) is 2.99. The number of rotatable bonds is 4. The molecular weight excluding hydrogens is 413 g/mol. The van der Waals surface area contributed by atoms with Gasteiger partial charge in [-0.3, -0.25) is 0 Å². The molecule has 0 amide bonds. The molecule has 0 aromatic carbocycles. The van der Waals surface area contributed by atoms with Crippen LogP contribution in [-0.4, -0.2) is 65.2 Å². The van der Waals surface area contributed by atoms with Gasteiger partial charge in [0.05, 0.1) is 7.11 Å². The van der Waals surface area contributed by atoms with E-state index in [2.05, 4.69) is 42.1 Å². The molecule has 0 spiro atoms. The fourth-order valence-corrected chi connectivity index (χ4v) is 2.96. The van der Waals surface area contributed by atoms with E-state index >= 15 is 0 Å². The average Bonchev–Trinajstić information content (AvgIpc) is 2.86. The standard InChI is InChI=1S/C16H20Cl3N7O/c1-25-7-4-8-26(10-9-25)15-23-13(16(17,18)19)22-14(24-15)21-11-5-3-6-20-12(11)27-2/h3,5-6H,4,7-10H2,1-2H3,(H,21,22,23,24). The average molecular weight is 433 g/mol. The molecule has 1 N–H and O–H groups in total. The highest BCUT2D eigenvalue weighted by Crippen LogP contribution is 2.37. The lowest BCUT2D eigenvalue weighted by Gasteiger charge is -2.22. The molecule has 0 atom stereocenters. The van der Waals surface area contributed by atoms with Crippen LogP contribution in [0.4, 0.5) is 17.6 Å². The summed E-state index contributed by atoms with van der Waals surface area (Å²) in [6, 6.07) is 3.57. The number of anilines is 3. The molecule has 0 radical (unpaired) electrons. The first kappa shape index (κ1) is 20.1. The minimum Gasteiger partial charge on any atom is -0.480 e. The Balaban J connectivity index is 1.95. The molecule has 2 aromatic rings. The Morgan fingerprint density at radius 2 is 1.93 bits per heavy atom. The molecule has 11 heteroatoms. The number of aromatic nitrogens is 4. The molecule has 146 valence electrons. The number of halogens is 3. The first-order valence-corrected chi connectivity index (χ1v) is 9.53. The molecule has 8 nitrogen and oxygen atoms in total. The topological polar surface area (TPSA) is 79.3 Å². The fraction of sp³-hybridized carbons (Fsp3) is 0.500. The van der Waals surface area contributed by atoms with Crippen molar-refractivity contribution in [1.82, 2.24) is 24.8 Å². The van der Waals surface area contributed by atoms with Crippen LogP contribution in [-0.2, 0) is 3.79 Å². The molecule has 1 aliphatic heterocycles. The number of ether oxygens (including phenoxy) is 1. The molecule has 0 unspecified atom stereocenters. The van der Waals surface area contributed by atoms with Crippen molar-refractivity contribution in [1.29, 1.82) is 0 Å². The Labute approximate surface area is 172 Å². The van der Waals surface area contributed by atoms with Gasteiger partial charge in [-0.1, -0.05) is 34.8 Å². The van der Waals surface area contributed by atoms with Crippen molar-refractivity contribution in [3.63, 3.8) is 0 Å². The number of pyridine rings is 1. The van der Waals surface area contributed by atoms with Crippen LogP contribution in [0.3, 0.4) is 0 Å². The lowest BCUT2D eigenvalue weighted by atomic mass is 10.4. The van der Waals surface area contributed by atoms with Crippen LogP contribution in [0.2, 0.25) is 0 Å². The zero-order valence-electron chi connectivity index (χ0n) is 15.0. The predicted molar refractivity (Wildman–Crippen MR) is 107 cm³/mol. The Bertz CT molecular complexity index is 787. The van der Waals surface area contributed by atoms with E-state index in [9.17, 15) is 0 Å². The van der Waals surface area contributed by atoms with Gasteiger partial charge in [0.2, 0.25) is 21.6 Å². The second-order valence-corrected chi connectivity index (χ2v) is 8.39. The SMILES string of the molecule is COc1ncccc1Nc1nc(N2CCCN(C)CC2)nc(C(Cl)(Cl)Cl)n1. The van der Waals surface area contributed by atoms with Crippen molar-refractivity contribution in [3.05, 3.63) is 24.2 Å². The van der Waals surface area contributed by atoms with Gasteiger partial charge in [-0.05, 0) is 32.1 Å². The summed E-state index contributed by atoms with van der Waals surface area (Å²) in [5.41, 5.74) is 0.600. The number of alkyl halides is 3. The molecule has 0 bridgehead atoms. The Morgan fingerprint density at radius 3 is 2.67 bits per heavy atom. The normalized spacial score (nSPS) is 16.1. The van der Waals surface area contributed by atoms with Crippen molar-refractivity contribution in [2.45, 2.75) is 10.2 Å². The van der Waals surface area contributed by atoms with E-state index in [1.54, 1.807) is 18.3 Å². The molecule has 3 heterocycles. The van der Waals surface area contributed by atoms with Crippen LogP contribution in [0.25, 0.3) is 0 Å². The van der Waals surface area contributed by atoms with Crippen molar-refractivity contribution < 1.29 is 4.74 Å². The van der Waals surface area contributed by atoms with E-state index < -0.39 is 3.79 Å². The third kappa shape index (κ3) is 5.22. The van der Waals surface area contributed by atoms with E-state index in [1.807, 2.05) is 0 Å². The fourth-order valence-electron chi connectivity index (χ4n) is 2.70. The second kappa shape index (κ2) is 8.60. The monoisotopic (exact) mass is 431 g/mol. The highest BCUT2D eigenvalue weighted by Gasteiger charge is 2.29. The first-order chi connectivity index (χ1) is 12.9. The smallest absolute Gasteiger partial charge is 0.250 e. The minimum atomic E-state index is -1.77. The maximum Gasteiger partial charge on any atom is 0.250 e. The maximum atomic E-state index is 6.04. The summed E-state index contributed by atoms with van der Waals surface area (Å²) in [6.07, 6.45) is 2.62. The Hall–Kier alpha value is -1.61. The zero-order chi connectivity index (χ0) is 19.4. The molecule has 2 aromatic heterocycles. The summed E-state index contributed by atoms with van der Waals surface area (Å²) in [5, 5.41) is 3.08. The van der Waals surface area contributed by atoms with Gasteiger partial charge < -0.3 is 19.9 Å². The maximum absolute atomic E-state index is 6.04. The molecule has 3 rings (SSSR count). The number of nitrogens with zero attached hydrogens (tertiary/aromatic N) is 6. The van der Waals surface area contributed by atoms with Crippen LogP contribution in [0.1, 0.15) is 12.2 Å². The van der Waals surface area contributed by atoms with Crippen molar-refractivity contribution in [2.75, 3.05) is 50.6 Å². The number of likely N-dealkylation sites (N-methyl/N-ethyl adjacent to an activating group) is 1. The van der Waals surface area contributed by atoms with E-state index in [1.165, 1.54) is 7.11 Å². The van der Waals surface area contributed by atoms with E-state index in [0.29, 0.717) is 17.5 Å². The number of hydrogen-bond acceptors (Lipinski definition) is 8. The summed E-state index contributed by atoms with van der Waals surface area (Å²) in [4.78, 5) is 21.6. The Morgan fingerprint density at radius 1 is 1.11 bits per heavy atom. The molecule has 27 heavy (non-hydrogen) atoms. The van der Waals surface area contributed by atoms with Gasteiger partial charge >= 0.3 is 0 Å². The molecule has 1 fully saturated rings. The van der Waals surface area contributed by atoms with Crippen LogP contribution in [0.5, 0.6) is 5.88 Å². The van der Waals surface area contributed by atoms with Crippen molar-refractivity contribution >= 4 is 52.4 Å². The van der Waals surface area contributed by atoms with Gasteiger partial charge in [0.15, 0.2) is 5.82 Å². The zero-order valence-corrected chi connectivity index (χ0v) is 17.3. The summed E-state index contributed by atoms with van der Waals surface area (Å²) >= 11 is 18.1. The third-order valence-corrected chi connectivity index (χ3v) is 4.60. The minimum absolute atomic E-state index is 0.0560. The van der Waals surface area contributed by atoms with E-state index in [0.717, 1.165) is 32.6 Å². The molecule has 1 saturated heterocycles. The Kier molecular flexibility index (Phi) is 6.41. The molecule has 0 saturated carbocycles. The van der Waals surface area contributed by atoms with Gasteiger partial charge in [-0.2, -0.15) is 15.0 Å². The van der Waals surface area contributed by atoms with Crippen LogP contribution in [0.15, 0.2) is 18.3 Å². The van der Waals surface area contributed by atoms with Crippen molar-refractivity contribution in [3.8, 4) is 5.88 Å². The van der Waals surface area contributed by atoms with E-state index in [-0.39, 0.29) is 11.8 Å². The largest absolute Gasteiger partial charge is 0.480 e. The highest BCUT2D eigenvalue weighted by molar-refractivity contribution is 6.66. The van der Waals surface area contributed by atoms with Crippen LogP contribution < -0.4 is 15.0 Å². The summed E-state index contributed by atoms with van der Waals surface area (Å²) in [7, 11) is 3.62. The number of methoxy groups -OCH3 is 1. The van der Waals surface area contributed by atoms with Gasteiger partial charge in [0.25, 0.3) is 0 Å². The molecule has 0 aliphatic carbocycles.